The molecule has 3 heteroatoms. The number of hydrogen-bond acceptors (Lipinski definition) is 3. The van der Waals surface area contributed by atoms with Gasteiger partial charge in [-0.05, 0) is 17.3 Å². The van der Waals surface area contributed by atoms with Crippen LogP contribution in [0.1, 0.15) is 65.7 Å². The second-order valence-corrected chi connectivity index (χ2v) is 6.99. The first kappa shape index (κ1) is 14.2. The summed E-state index contributed by atoms with van der Waals surface area (Å²) in [7, 11) is 0. The fourth-order valence-electron chi connectivity index (χ4n) is 1.43. The third kappa shape index (κ3) is 4.50. The van der Waals surface area contributed by atoms with Crippen molar-refractivity contribution < 1.29 is 9.52 Å². The van der Waals surface area contributed by atoms with Gasteiger partial charge in [0.1, 0.15) is 11.9 Å². The second kappa shape index (κ2) is 4.81. The van der Waals surface area contributed by atoms with Gasteiger partial charge < -0.3 is 9.52 Å². The Morgan fingerprint density at radius 1 is 1.24 bits per heavy atom. The summed E-state index contributed by atoms with van der Waals surface area (Å²) in [6.07, 6.45) is 3.00. The standard InChI is InChI=1S/C14H25NO2/c1-13(2,3)8-7-10-9-15-12(17-10)11(16)14(4,5)6/h9,11,16H,7-8H2,1-6H3/t11-/m0/s1. The summed E-state index contributed by atoms with van der Waals surface area (Å²) >= 11 is 0. The minimum absolute atomic E-state index is 0.244. The van der Waals surface area contributed by atoms with Gasteiger partial charge >= 0.3 is 0 Å². The van der Waals surface area contributed by atoms with E-state index in [0.29, 0.717) is 5.89 Å². The largest absolute Gasteiger partial charge is 0.443 e. The lowest BCUT2D eigenvalue weighted by molar-refractivity contribution is 0.0377. The minimum atomic E-state index is -0.647. The molecule has 0 aliphatic rings. The molecule has 0 spiro atoms. The van der Waals surface area contributed by atoms with Gasteiger partial charge in [0.2, 0.25) is 5.89 Å². The Morgan fingerprint density at radius 3 is 2.29 bits per heavy atom. The van der Waals surface area contributed by atoms with Crippen molar-refractivity contribution in [2.45, 2.75) is 60.5 Å². The number of aliphatic hydroxyl groups excluding tert-OH is 1. The van der Waals surface area contributed by atoms with E-state index in [1.807, 2.05) is 20.8 Å². The Kier molecular flexibility index (Phi) is 4.03. The fourth-order valence-corrected chi connectivity index (χ4v) is 1.43. The number of aliphatic hydroxyl groups is 1. The fraction of sp³-hybridized carbons (Fsp3) is 0.786. The summed E-state index contributed by atoms with van der Waals surface area (Å²) in [4.78, 5) is 4.17. The van der Waals surface area contributed by atoms with Crippen molar-refractivity contribution in [1.82, 2.24) is 4.98 Å². The summed E-state index contributed by atoms with van der Waals surface area (Å²) < 4.78 is 5.61. The Hall–Kier alpha value is -0.830. The van der Waals surface area contributed by atoms with E-state index in [2.05, 4.69) is 25.8 Å². The zero-order chi connectivity index (χ0) is 13.3. The van der Waals surface area contributed by atoms with Crippen LogP contribution in [-0.4, -0.2) is 10.1 Å². The highest BCUT2D eigenvalue weighted by Crippen LogP contribution is 2.32. The Bertz CT molecular complexity index is 355. The molecule has 1 atom stereocenters. The van der Waals surface area contributed by atoms with Gasteiger partial charge in [-0.25, -0.2) is 4.98 Å². The molecule has 0 radical (unpaired) electrons. The van der Waals surface area contributed by atoms with Crippen LogP contribution in [0.25, 0.3) is 0 Å². The van der Waals surface area contributed by atoms with Crippen molar-refractivity contribution in [2.75, 3.05) is 0 Å². The molecule has 0 aliphatic carbocycles. The summed E-state index contributed by atoms with van der Waals surface area (Å²) in [6, 6.07) is 0. The monoisotopic (exact) mass is 239 g/mol. The van der Waals surface area contributed by atoms with E-state index in [4.69, 9.17) is 4.42 Å². The predicted octanol–water partition coefficient (Wildman–Crippen LogP) is 3.73. The van der Waals surface area contributed by atoms with Crippen molar-refractivity contribution >= 4 is 0 Å². The topological polar surface area (TPSA) is 46.3 Å². The molecule has 0 bridgehead atoms. The van der Waals surface area contributed by atoms with Gasteiger partial charge in [0, 0.05) is 6.42 Å². The second-order valence-electron chi connectivity index (χ2n) is 6.99. The Morgan fingerprint density at radius 2 is 1.82 bits per heavy atom. The van der Waals surface area contributed by atoms with E-state index < -0.39 is 6.10 Å². The van der Waals surface area contributed by atoms with Crippen LogP contribution in [0.2, 0.25) is 0 Å². The molecule has 0 aromatic carbocycles. The lowest BCUT2D eigenvalue weighted by atomic mass is 9.89. The van der Waals surface area contributed by atoms with Gasteiger partial charge in [-0.3, -0.25) is 0 Å². The van der Waals surface area contributed by atoms with Crippen LogP contribution in [0.15, 0.2) is 10.6 Å². The van der Waals surface area contributed by atoms with E-state index in [1.165, 1.54) is 0 Å². The van der Waals surface area contributed by atoms with Crippen LogP contribution in [0.4, 0.5) is 0 Å². The number of rotatable bonds is 3. The first-order chi connectivity index (χ1) is 7.59. The van der Waals surface area contributed by atoms with Gasteiger partial charge in [-0.2, -0.15) is 0 Å². The van der Waals surface area contributed by atoms with E-state index in [9.17, 15) is 5.11 Å². The summed E-state index contributed by atoms with van der Waals surface area (Å²) in [5, 5.41) is 10.0. The summed E-state index contributed by atoms with van der Waals surface area (Å²) in [6.45, 7) is 12.5. The molecule has 0 saturated heterocycles. The predicted molar refractivity (Wildman–Crippen MR) is 68.7 cm³/mol. The van der Waals surface area contributed by atoms with Crippen molar-refractivity contribution in [3.05, 3.63) is 17.8 Å². The molecule has 0 fully saturated rings. The Labute approximate surface area is 104 Å². The maximum absolute atomic E-state index is 10.0. The van der Waals surface area contributed by atoms with Gasteiger partial charge in [0.15, 0.2) is 0 Å². The molecular weight excluding hydrogens is 214 g/mol. The number of aromatic nitrogens is 1. The number of aryl methyl sites for hydroxylation is 1. The third-order valence-electron chi connectivity index (χ3n) is 2.75. The molecule has 1 heterocycles. The summed E-state index contributed by atoms with van der Waals surface area (Å²) in [5.41, 5.74) is 0.0434. The number of nitrogens with zero attached hydrogens (tertiary/aromatic N) is 1. The van der Waals surface area contributed by atoms with Crippen LogP contribution in [0, 0.1) is 10.8 Å². The number of oxazole rings is 1. The summed E-state index contributed by atoms with van der Waals surface area (Å²) in [5.74, 6) is 1.29. The minimum Gasteiger partial charge on any atom is -0.443 e. The maximum Gasteiger partial charge on any atom is 0.223 e. The zero-order valence-electron chi connectivity index (χ0n) is 11.9. The first-order valence-electron chi connectivity index (χ1n) is 6.22. The van der Waals surface area contributed by atoms with Crippen LogP contribution in [0.5, 0.6) is 0 Å². The average Bonchev–Trinajstić information content (AvgIpc) is 2.59. The van der Waals surface area contributed by atoms with E-state index in [1.54, 1.807) is 6.20 Å². The van der Waals surface area contributed by atoms with Crippen molar-refractivity contribution in [2.24, 2.45) is 10.8 Å². The highest BCUT2D eigenvalue weighted by atomic mass is 16.4. The molecule has 0 aliphatic heterocycles. The average molecular weight is 239 g/mol. The first-order valence-corrected chi connectivity index (χ1v) is 6.22. The van der Waals surface area contributed by atoms with Gasteiger partial charge in [-0.1, -0.05) is 41.5 Å². The molecule has 1 N–H and O–H groups in total. The zero-order valence-corrected chi connectivity index (χ0v) is 11.9. The lowest BCUT2D eigenvalue weighted by Gasteiger charge is -2.22. The van der Waals surface area contributed by atoms with E-state index in [0.717, 1.165) is 18.6 Å². The lowest BCUT2D eigenvalue weighted by Crippen LogP contribution is -2.17. The smallest absolute Gasteiger partial charge is 0.223 e. The Balaban J connectivity index is 2.66. The van der Waals surface area contributed by atoms with Crippen molar-refractivity contribution in [3.8, 4) is 0 Å². The molecule has 17 heavy (non-hydrogen) atoms. The van der Waals surface area contributed by atoms with Crippen LogP contribution >= 0.6 is 0 Å². The molecule has 0 unspecified atom stereocenters. The van der Waals surface area contributed by atoms with Crippen LogP contribution < -0.4 is 0 Å². The molecule has 0 amide bonds. The van der Waals surface area contributed by atoms with Gasteiger partial charge in [-0.15, -0.1) is 0 Å². The molecule has 98 valence electrons. The number of hydrogen-bond donors (Lipinski definition) is 1. The highest BCUT2D eigenvalue weighted by Gasteiger charge is 2.28. The molecule has 3 nitrogen and oxygen atoms in total. The maximum atomic E-state index is 10.0. The van der Waals surface area contributed by atoms with Crippen molar-refractivity contribution in [3.63, 3.8) is 0 Å². The molecule has 0 saturated carbocycles. The van der Waals surface area contributed by atoms with Gasteiger partial charge in [0.25, 0.3) is 0 Å². The van der Waals surface area contributed by atoms with Crippen LogP contribution in [-0.2, 0) is 6.42 Å². The normalized spacial score (nSPS) is 15.0. The third-order valence-corrected chi connectivity index (χ3v) is 2.75. The van der Waals surface area contributed by atoms with Crippen LogP contribution in [0.3, 0.4) is 0 Å². The molecule has 1 rings (SSSR count). The van der Waals surface area contributed by atoms with E-state index >= 15 is 0 Å². The molecular formula is C14H25NO2. The molecule has 1 aromatic rings. The SMILES string of the molecule is CC(C)(C)CCc1cnc([C@H](O)C(C)(C)C)o1. The van der Waals surface area contributed by atoms with Crippen molar-refractivity contribution in [1.29, 1.82) is 0 Å². The van der Waals surface area contributed by atoms with E-state index in [-0.39, 0.29) is 10.8 Å². The molecule has 1 aromatic heterocycles. The quantitative estimate of drug-likeness (QED) is 0.874. The van der Waals surface area contributed by atoms with Gasteiger partial charge in [0.05, 0.1) is 6.20 Å². The highest BCUT2D eigenvalue weighted by molar-refractivity contribution is 4.99.